The molecule has 0 bridgehead atoms. The maximum Gasteiger partial charge on any atom is 0.140 e. The Balaban J connectivity index is 1.89. The van der Waals surface area contributed by atoms with Crippen LogP contribution in [0.1, 0.15) is 39.0 Å². The van der Waals surface area contributed by atoms with Crippen molar-refractivity contribution in [3.63, 3.8) is 0 Å². The van der Waals surface area contributed by atoms with Crippen LogP contribution < -0.4 is 0 Å². The summed E-state index contributed by atoms with van der Waals surface area (Å²) in [7, 11) is -1.09. The van der Waals surface area contributed by atoms with Crippen molar-refractivity contribution in [3.8, 4) is 0 Å². The first-order valence-electron chi connectivity index (χ1n) is 7.74. The fourth-order valence-electron chi connectivity index (χ4n) is 3.82. The second kappa shape index (κ2) is 5.88. The summed E-state index contributed by atoms with van der Waals surface area (Å²) < 4.78 is 12.7. The zero-order valence-electron chi connectivity index (χ0n) is 12.5. The number of carbonyl (C=O) groups excluding carboxylic acids is 1. The van der Waals surface area contributed by atoms with Crippen LogP contribution in [0.2, 0.25) is 0 Å². The molecule has 0 saturated heterocycles. The molecule has 0 N–H and O–H groups in total. The first-order valence-corrected chi connectivity index (χ1v) is 9.06. The molecular weight excluding hydrogens is 280 g/mol. The lowest BCUT2D eigenvalue weighted by molar-refractivity contribution is -0.133. The summed E-state index contributed by atoms with van der Waals surface area (Å²) in [6, 6.07) is 9.56. The number of Topliss-reactive ketones (excluding diaryl/α,β-unsaturated/α-hetero) is 1. The van der Waals surface area contributed by atoms with Gasteiger partial charge in [0.1, 0.15) is 5.78 Å². The van der Waals surface area contributed by atoms with E-state index in [1.165, 1.54) is 5.57 Å². The normalized spacial score (nSPS) is 30.4. The standard InChI is InChI=1S/C18H22O2S/c1-14-10-11-18(15(12-14)6-5-9-17(18)19)13-21(20)16-7-3-2-4-8-16/h2-4,7-8,10,15H,5-6,9,11-13H2,1H3/t15-,18+,21?/m1/s1. The number of hydrogen-bond donors (Lipinski definition) is 0. The second-order valence-electron chi connectivity index (χ2n) is 6.43. The van der Waals surface area contributed by atoms with E-state index < -0.39 is 10.8 Å². The van der Waals surface area contributed by atoms with Crippen LogP contribution in [-0.4, -0.2) is 15.7 Å². The van der Waals surface area contributed by atoms with Crippen LogP contribution in [0.3, 0.4) is 0 Å². The Kier molecular flexibility index (Phi) is 4.12. The molecule has 1 aromatic rings. The van der Waals surface area contributed by atoms with Crippen molar-refractivity contribution in [1.29, 1.82) is 0 Å². The van der Waals surface area contributed by atoms with E-state index in [1.54, 1.807) is 0 Å². The molecule has 3 rings (SSSR count). The molecule has 1 saturated carbocycles. The summed E-state index contributed by atoms with van der Waals surface area (Å²) in [6.07, 6.45) is 6.73. The van der Waals surface area contributed by atoms with Crippen LogP contribution in [0, 0.1) is 11.3 Å². The van der Waals surface area contributed by atoms with Gasteiger partial charge in [0, 0.05) is 22.5 Å². The van der Waals surface area contributed by atoms with Crippen molar-refractivity contribution >= 4 is 16.6 Å². The van der Waals surface area contributed by atoms with Gasteiger partial charge >= 0.3 is 0 Å². The van der Waals surface area contributed by atoms with Crippen molar-refractivity contribution in [2.45, 2.75) is 43.9 Å². The molecule has 0 aromatic heterocycles. The summed E-state index contributed by atoms with van der Waals surface area (Å²) in [5.41, 5.74) is 1.01. The zero-order valence-corrected chi connectivity index (χ0v) is 13.3. The van der Waals surface area contributed by atoms with Crippen molar-refractivity contribution in [2.75, 3.05) is 5.75 Å². The Labute approximate surface area is 129 Å². The summed E-state index contributed by atoms with van der Waals surface area (Å²) in [5.74, 6) is 1.22. The molecule has 0 spiro atoms. The molecule has 3 atom stereocenters. The molecular formula is C18H22O2S. The Morgan fingerprint density at radius 3 is 2.81 bits per heavy atom. The van der Waals surface area contributed by atoms with Crippen LogP contribution in [0.25, 0.3) is 0 Å². The Bertz CT molecular complexity index is 590. The maximum atomic E-state index is 12.7. The van der Waals surface area contributed by atoms with Gasteiger partial charge in [0.05, 0.1) is 10.8 Å². The number of hydrogen-bond acceptors (Lipinski definition) is 2. The first-order chi connectivity index (χ1) is 10.1. The summed E-state index contributed by atoms with van der Waals surface area (Å²) in [5, 5.41) is 0. The minimum atomic E-state index is -1.09. The number of allylic oxidation sites excluding steroid dienone is 2. The predicted octanol–water partition coefficient (Wildman–Crippen LogP) is 3.89. The van der Waals surface area contributed by atoms with Gasteiger partial charge in [-0.3, -0.25) is 9.00 Å². The van der Waals surface area contributed by atoms with Crippen molar-refractivity contribution < 1.29 is 9.00 Å². The molecule has 0 radical (unpaired) electrons. The average molecular weight is 302 g/mol. The van der Waals surface area contributed by atoms with Gasteiger partial charge in [-0.25, -0.2) is 0 Å². The number of ketones is 1. The minimum absolute atomic E-state index is 0.340. The first kappa shape index (κ1) is 14.7. The molecule has 2 aliphatic carbocycles. The van der Waals surface area contributed by atoms with Crippen LogP contribution in [-0.2, 0) is 15.6 Å². The van der Waals surface area contributed by atoms with E-state index in [0.29, 0.717) is 23.9 Å². The molecule has 0 aliphatic heterocycles. The Morgan fingerprint density at radius 2 is 2.05 bits per heavy atom. The second-order valence-corrected chi connectivity index (χ2v) is 7.88. The van der Waals surface area contributed by atoms with Crippen LogP contribution in [0.4, 0.5) is 0 Å². The van der Waals surface area contributed by atoms with Crippen LogP contribution in [0.5, 0.6) is 0 Å². The third kappa shape index (κ3) is 2.76. The highest BCUT2D eigenvalue weighted by Gasteiger charge is 2.48. The zero-order chi connectivity index (χ0) is 14.9. The third-order valence-electron chi connectivity index (χ3n) is 5.07. The van der Waals surface area contributed by atoms with Gasteiger partial charge in [-0.05, 0) is 50.7 Å². The van der Waals surface area contributed by atoms with Gasteiger partial charge in [0.25, 0.3) is 0 Å². The third-order valence-corrected chi connectivity index (χ3v) is 6.65. The lowest BCUT2D eigenvalue weighted by atomic mass is 9.60. The van der Waals surface area contributed by atoms with E-state index in [-0.39, 0.29) is 5.41 Å². The monoisotopic (exact) mass is 302 g/mol. The lowest BCUT2D eigenvalue weighted by Gasteiger charge is -2.45. The number of benzene rings is 1. The van der Waals surface area contributed by atoms with Crippen molar-refractivity contribution in [1.82, 2.24) is 0 Å². The highest BCUT2D eigenvalue weighted by atomic mass is 32.2. The fraction of sp³-hybridized carbons (Fsp3) is 0.500. The molecule has 0 amide bonds. The Morgan fingerprint density at radius 1 is 1.29 bits per heavy atom. The van der Waals surface area contributed by atoms with E-state index in [9.17, 15) is 9.00 Å². The summed E-state index contributed by atoms with van der Waals surface area (Å²) >= 11 is 0. The molecule has 1 fully saturated rings. The molecule has 2 aliphatic rings. The van der Waals surface area contributed by atoms with Crippen molar-refractivity contribution in [3.05, 3.63) is 42.0 Å². The number of rotatable bonds is 3. The quantitative estimate of drug-likeness (QED) is 0.794. The van der Waals surface area contributed by atoms with Crippen LogP contribution >= 0.6 is 0 Å². The Hall–Kier alpha value is -1.22. The molecule has 21 heavy (non-hydrogen) atoms. The van der Waals surface area contributed by atoms with Gasteiger partial charge in [-0.1, -0.05) is 29.8 Å². The number of fused-ring (bicyclic) bond motifs is 1. The molecule has 112 valence electrons. The minimum Gasteiger partial charge on any atom is -0.299 e. The summed E-state index contributed by atoms with van der Waals surface area (Å²) in [4.78, 5) is 13.5. The van der Waals surface area contributed by atoms with Crippen molar-refractivity contribution in [2.24, 2.45) is 11.3 Å². The topological polar surface area (TPSA) is 34.1 Å². The number of carbonyl (C=O) groups is 1. The van der Waals surface area contributed by atoms with E-state index in [2.05, 4.69) is 13.0 Å². The maximum absolute atomic E-state index is 12.7. The predicted molar refractivity (Wildman–Crippen MR) is 85.5 cm³/mol. The highest BCUT2D eigenvalue weighted by molar-refractivity contribution is 7.85. The van der Waals surface area contributed by atoms with Gasteiger partial charge < -0.3 is 0 Å². The van der Waals surface area contributed by atoms with Gasteiger partial charge in [-0.15, -0.1) is 0 Å². The fourth-order valence-corrected chi connectivity index (χ4v) is 5.42. The molecule has 1 unspecified atom stereocenters. The molecule has 0 heterocycles. The summed E-state index contributed by atoms with van der Waals surface area (Å²) in [6.45, 7) is 2.15. The van der Waals surface area contributed by atoms with E-state index >= 15 is 0 Å². The SMILES string of the molecule is CC1=CC[C@@]2(CS(=O)c3ccccc3)C(=O)CCC[C@@H]2C1. The van der Waals surface area contributed by atoms with E-state index in [1.807, 2.05) is 30.3 Å². The van der Waals surface area contributed by atoms with E-state index in [0.717, 1.165) is 30.6 Å². The lowest BCUT2D eigenvalue weighted by Crippen LogP contribution is -2.47. The molecule has 3 heteroatoms. The van der Waals surface area contributed by atoms with E-state index in [4.69, 9.17) is 0 Å². The molecule has 2 nitrogen and oxygen atoms in total. The van der Waals surface area contributed by atoms with Gasteiger partial charge in [-0.2, -0.15) is 0 Å². The molecule has 1 aromatic carbocycles. The van der Waals surface area contributed by atoms with Crippen LogP contribution in [0.15, 0.2) is 46.9 Å². The average Bonchev–Trinajstić information content (AvgIpc) is 2.50. The van der Waals surface area contributed by atoms with Gasteiger partial charge in [0.15, 0.2) is 0 Å². The smallest absolute Gasteiger partial charge is 0.140 e. The largest absolute Gasteiger partial charge is 0.299 e. The van der Waals surface area contributed by atoms with Gasteiger partial charge in [0.2, 0.25) is 0 Å². The highest BCUT2D eigenvalue weighted by Crippen LogP contribution is 2.48.